The molecule has 0 spiro atoms. The van der Waals surface area contributed by atoms with E-state index in [2.05, 4.69) is 10.2 Å². The minimum Gasteiger partial charge on any atom is -0.508 e. The molecule has 5 aromatic rings. The summed E-state index contributed by atoms with van der Waals surface area (Å²) in [6, 6.07) is 25.7. The van der Waals surface area contributed by atoms with Crippen LogP contribution in [0.2, 0.25) is 0 Å². The Kier molecular flexibility index (Phi) is 4.29. The van der Waals surface area contributed by atoms with E-state index in [4.69, 9.17) is 5.10 Å². The summed E-state index contributed by atoms with van der Waals surface area (Å²) in [5.41, 5.74) is 6.00. The van der Waals surface area contributed by atoms with Crippen LogP contribution in [-0.2, 0) is 0 Å². The third-order valence-electron chi connectivity index (χ3n) is 4.91. The third kappa shape index (κ3) is 3.31. The highest BCUT2D eigenvalue weighted by atomic mass is 16.3. The smallest absolute Gasteiger partial charge is 0.115 e. The van der Waals surface area contributed by atoms with Crippen molar-refractivity contribution in [2.75, 3.05) is 0 Å². The number of rotatable bonds is 4. The van der Waals surface area contributed by atoms with Gasteiger partial charge in [0, 0.05) is 22.9 Å². The number of hydrogen-bond acceptors (Lipinski definition) is 4. The normalized spacial score (nSPS) is 10.9. The van der Waals surface area contributed by atoms with Crippen LogP contribution in [0.5, 0.6) is 11.5 Å². The number of nitrogens with one attached hydrogen (secondary N) is 1. The molecule has 0 radical (unpaired) electrons. The molecule has 0 bridgehead atoms. The first-order valence-corrected chi connectivity index (χ1v) is 9.47. The van der Waals surface area contributed by atoms with Gasteiger partial charge in [0.25, 0.3) is 0 Å². The summed E-state index contributed by atoms with van der Waals surface area (Å²) in [5, 5.41) is 31.5. The molecule has 0 unspecified atom stereocenters. The van der Waals surface area contributed by atoms with Crippen molar-refractivity contribution in [3.63, 3.8) is 0 Å². The molecule has 0 fully saturated rings. The molecule has 146 valence electrons. The quantitative estimate of drug-likeness (QED) is 0.400. The summed E-state index contributed by atoms with van der Waals surface area (Å²) >= 11 is 0. The predicted molar refractivity (Wildman–Crippen MR) is 115 cm³/mol. The van der Waals surface area contributed by atoms with Gasteiger partial charge in [0.15, 0.2) is 0 Å². The van der Waals surface area contributed by atoms with Gasteiger partial charge in [0.05, 0.1) is 17.1 Å². The van der Waals surface area contributed by atoms with Gasteiger partial charge >= 0.3 is 0 Å². The maximum Gasteiger partial charge on any atom is 0.115 e. The second kappa shape index (κ2) is 7.25. The highest BCUT2D eigenvalue weighted by molar-refractivity contribution is 5.81. The Balaban J connectivity index is 1.62. The average molecular weight is 394 g/mol. The lowest BCUT2D eigenvalue weighted by molar-refractivity contribution is 0.475. The number of aromatic amines is 1. The molecule has 0 aliphatic carbocycles. The van der Waals surface area contributed by atoms with Crippen LogP contribution in [0, 0.1) is 0 Å². The Bertz CT molecular complexity index is 1290. The zero-order valence-electron chi connectivity index (χ0n) is 15.9. The number of nitrogens with zero attached hydrogens (tertiary/aromatic N) is 3. The second-order valence-electron chi connectivity index (χ2n) is 6.93. The molecule has 0 atom stereocenters. The number of hydrogen-bond donors (Lipinski definition) is 3. The van der Waals surface area contributed by atoms with Gasteiger partial charge in [-0.05, 0) is 66.7 Å². The first kappa shape index (κ1) is 17.8. The molecular formula is C24H18N4O2. The van der Waals surface area contributed by atoms with Gasteiger partial charge in [-0.3, -0.25) is 5.10 Å². The lowest BCUT2D eigenvalue weighted by Crippen LogP contribution is -1.93. The minimum absolute atomic E-state index is 0.207. The zero-order valence-corrected chi connectivity index (χ0v) is 15.9. The lowest BCUT2D eigenvalue weighted by Gasteiger charge is -2.01. The summed E-state index contributed by atoms with van der Waals surface area (Å²) < 4.78 is 1.83. The number of phenols is 2. The summed E-state index contributed by atoms with van der Waals surface area (Å²) in [6.07, 6.45) is 1.96. The van der Waals surface area contributed by atoms with Crippen molar-refractivity contribution in [3.05, 3.63) is 91.1 Å². The van der Waals surface area contributed by atoms with Gasteiger partial charge in [-0.15, -0.1) is 0 Å². The largest absolute Gasteiger partial charge is 0.508 e. The van der Waals surface area contributed by atoms with Gasteiger partial charge in [-0.2, -0.15) is 10.2 Å². The Morgan fingerprint density at radius 3 is 2.03 bits per heavy atom. The van der Waals surface area contributed by atoms with Crippen LogP contribution in [0.4, 0.5) is 0 Å². The Labute approximate surface area is 172 Å². The van der Waals surface area contributed by atoms with E-state index >= 15 is 0 Å². The van der Waals surface area contributed by atoms with Crippen LogP contribution < -0.4 is 0 Å². The van der Waals surface area contributed by atoms with Crippen LogP contribution in [0.25, 0.3) is 39.5 Å². The van der Waals surface area contributed by atoms with Gasteiger partial charge in [0.2, 0.25) is 0 Å². The van der Waals surface area contributed by atoms with Crippen molar-refractivity contribution < 1.29 is 10.2 Å². The predicted octanol–water partition coefficient (Wildman–Crippen LogP) is 5.01. The van der Waals surface area contributed by atoms with Crippen LogP contribution in [-0.4, -0.2) is 30.2 Å². The molecule has 3 N–H and O–H groups in total. The molecular weight excluding hydrogens is 376 g/mol. The number of para-hydroxylation sites is 1. The SMILES string of the molecule is Oc1ccc(-c2cc(-c3cn(-c4ccccc4)nc3-c3ccc(O)cc3)[nH]n2)cc1. The van der Waals surface area contributed by atoms with E-state index in [9.17, 15) is 10.2 Å². The molecule has 2 aromatic heterocycles. The lowest BCUT2D eigenvalue weighted by atomic mass is 10.0. The number of phenolic OH excluding ortho intramolecular Hbond substituents is 2. The first-order chi connectivity index (χ1) is 14.7. The van der Waals surface area contributed by atoms with Crippen LogP contribution >= 0.6 is 0 Å². The van der Waals surface area contributed by atoms with Crippen LogP contribution in [0.1, 0.15) is 0 Å². The maximum absolute atomic E-state index is 9.66. The van der Waals surface area contributed by atoms with Crippen LogP contribution in [0.3, 0.4) is 0 Å². The van der Waals surface area contributed by atoms with Crippen molar-refractivity contribution in [2.24, 2.45) is 0 Å². The molecule has 3 aromatic carbocycles. The van der Waals surface area contributed by atoms with Gasteiger partial charge in [-0.1, -0.05) is 18.2 Å². The monoisotopic (exact) mass is 394 g/mol. The second-order valence-corrected chi connectivity index (χ2v) is 6.93. The van der Waals surface area contributed by atoms with Crippen LogP contribution in [0.15, 0.2) is 91.1 Å². The van der Waals surface area contributed by atoms with E-state index in [1.54, 1.807) is 24.3 Å². The van der Waals surface area contributed by atoms with E-state index < -0.39 is 0 Å². The van der Waals surface area contributed by atoms with E-state index in [0.717, 1.165) is 39.5 Å². The summed E-state index contributed by atoms with van der Waals surface area (Å²) in [7, 11) is 0. The van der Waals surface area contributed by atoms with Crippen molar-refractivity contribution in [1.82, 2.24) is 20.0 Å². The van der Waals surface area contributed by atoms with Gasteiger partial charge in [-0.25, -0.2) is 4.68 Å². The molecule has 5 rings (SSSR count). The molecule has 2 heterocycles. The molecule has 0 saturated heterocycles. The average Bonchev–Trinajstić information content (AvgIpc) is 3.43. The molecule has 6 heteroatoms. The highest BCUT2D eigenvalue weighted by Gasteiger charge is 2.17. The van der Waals surface area contributed by atoms with Crippen molar-refractivity contribution in [3.8, 4) is 51.0 Å². The summed E-state index contributed by atoms with van der Waals surface area (Å²) in [4.78, 5) is 0. The number of H-pyrrole nitrogens is 1. The van der Waals surface area contributed by atoms with E-state index in [0.29, 0.717) is 0 Å². The fourth-order valence-electron chi connectivity index (χ4n) is 3.36. The number of aromatic nitrogens is 4. The Morgan fingerprint density at radius 1 is 0.733 bits per heavy atom. The fourth-order valence-corrected chi connectivity index (χ4v) is 3.36. The highest BCUT2D eigenvalue weighted by Crippen LogP contribution is 2.33. The van der Waals surface area contributed by atoms with E-state index in [-0.39, 0.29) is 11.5 Å². The summed E-state index contributed by atoms with van der Waals surface area (Å²) in [6.45, 7) is 0. The minimum atomic E-state index is 0.207. The number of aromatic hydroxyl groups is 2. The standard InChI is InChI=1S/C24H18N4O2/c29-19-10-6-16(7-11-19)22-14-23(26-25-22)21-15-28(18-4-2-1-3-5-18)27-24(21)17-8-12-20(30)13-9-17/h1-15,29-30H,(H,25,26). The Morgan fingerprint density at radius 2 is 1.37 bits per heavy atom. The molecule has 0 saturated carbocycles. The molecule has 6 nitrogen and oxygen atoms in total. The zero-order chi connectivity index (χ0) is 20.5. The maximum atomic E-state index is 9.66. The first-order valence-electron chi connectivity index (χ1n) is 9.47. The third-order valence-corrected chi connectivity index (χ3v) is 4.91. The van der Waals surface area contributed by atoms with E-state index in [1.807, 2.05) is 71.5 Å². The van der Waals surface area contributed by atoms with Crippen molar-refractivity contribution in [2.45, 2.75) is 0 Å². The molecule has 30 heavy (non-hydrogen) atoms. The van der Waals surface area contributed by atoms with Crippen molar-refractivity contribution in [1.29, 1.82) is 0 Å². The van der Waals surface area contributed by atoms with Gasteiger partial charge in [0.1, 0.15) is 17.2 Å². The molecule has 0 amide bonds. The fraction of sp³-hybridized carbons (Fsp3) is 0. The van der Waals surface area contributed by atoms with Gasteiger partial charge < -0.3 is 10.2 Å². The van der Waals surface area contributed by atoms with E-state index in [1.165, 1.54) is 0 Å². The summed E-state index contributed by atoms with van der Waals surface area (Å²) in [5.74, 6) is 0.423. The topological polar surface area (TPSA) is 87.0 Å². The van der Waals surface area contributed by atoms with Crippen molar-refractivity contribution >= 4 is 0 Å². The molecule has 0 aliphatic rings. The molecule has 0 aliphatic heterocycles. The Hall–Kier alpha value is -4.32. The number of benzene rings is 3.